The van der Waals surface area contributed by atoms with Gasteiger partial charge in [0.25, 0.3) is 0 Å². The van der Waals surface area contributed by atoms with Crippen LogP contribution in [-0.4, -0.2) is 29.1 Å². The number of carbonyl (C=O) groups is 1. The van der Waals surface area contributed by atoms with Gasteiger partial charge in [-0.15, -0.1) is 0 Å². The fraction of sp³-hybridized carbons (Fsp3) is 0.667. The van der Waals surface area contributed by atoms with Gasteiger partial charge in [-0.3, -0.25) is 4.79 Å². The molecule has 4 atom stereocenters. The molecular weight excluding hydrogens is 332 g/mol. The molecule has 3 rings (SSSR count). The van der Waals surface area contributed by atoms with Crippen LogP contribution in [0.15, 0.2) is 34.7 Å². The molecule has 0 amide bonds. The van der Waals surface area contributed by atoms with Gasteiger partial charge in [0.05, 0.1) is 25.1 Å². The van der Waals surface area contributed by atoms with E-state index in [0.717, 1.165) is 38.5 Å². The highest BCUT2D eigenvalue weighted by atomic mass is 16.8. The summed E-state index contributed by atoms with van der Waals surface area (Å²) in [5, 5.41) is 10.3. The second-order valence-corrected chi connectivity index (χ2v) is 7.99. The molecule has 2 aliphatic rings. The predicted octanol–water partition coefficient (Wildman–Crippen LogP) is 4.15. The number of carbonyl (C=O) groups excluding carboxylic acids is 1. The molecule has 0 spiro atoms. The van der Waals surface area contributed by atoms with Gasteiger partial charge in [-0.2, -0.15) is 0 Å². The Morgan fingerprint density at radius 2 is 2.35 bits per heavy atom. The van der Waals surface area contributed by atoms with Gasteiger partial charge in [-0.25, -0.2) is 0 Å². The summed E-state index contributed by atoms with van der Waals surface area (Å²) in [5.74, 6) is 0.352. The molecule has 4 unspecified atom stereocenters. The largest absolute Gasteiger partial charge is 0.472 e. The van der Waals surface area contributed by atoms with Gasteiger partial charge in [-0.05, 0) is 63.0 Å². The molecule has 0 saturated carbocycles. The maximum atomic E-state index is 11.2. The first-order chi connectivity index (χ1) is 12.5. The highest BCUT2D eigenvalue weighted by molar-refractivity contribution is 5.74. The summed E-state index contributed by atoms with van der Waals surface area (Å²) in [7, 11) is 0. The number of aliphatic hydroxyl groups is 1. The number of furan rings is 1. The number of ether oxygens (including phenoxy) is 2. The maximum absolute atomic E-state index is 11.2. The molecule has 0 aromatic carbocycles. The van der Waals surface area contributed by atoms with E-state index in [1.807, 2.05) is 6.07 Å². The van der Waals surface area contributed by atoms with Crippen molar-refractivity contribution in [3.8, 4) is 0 Å². The lowest BCUT2D eigenvalue weighted by molar-refractivity contribution is -0.147. The Kier molecular flexibility index (Phi) is 6.20. The van der Waals surface area contributed by atoms with E-state index in [4.69, 9.17) is 13.9 Å². The number of aryl methyl sites for hydroxylation is 1. The molecule has 0 radical (unpaired) electrons. The van der Waals surface area contributed by atoms with Crippen LogP contribution in [0.25, 0.3) is 0 Å². The summed E-state index contributed by atoms with van der Waals surface area (Å²) < 4.78 is 15.6. The average molecular weight is 362 g/mol. The molecule has 2 aliphatic heterocycles. The van der Waals surface area contributed by atoms with E-state index in [2.05, 4.69) is 19.9 Å². The third-order valence-electron chi connectivity index (χ3n) is 5.43. The standard InChI is InChI=1S/C21H30O5/c1-15(5-3-7-17-8-10-24-14-17)11-18(22)12-16(2)6-4-9-21-13-19(23)25-20(21)26-21/h6,8,10,14-15,18,20,22H,3-5,7,9,11-13H2,1-2H3. The normalized spacial score (nSPS) is 27.1. The first-order valence-corrected chi connectivity index (χ1v) is 9.69. The molecular formula is C21H30O5. The molecule has 26 heavy (non-hydrogen) atoms. The molecule has 144 valence electrons. The molecule has 0 aliphatic carbocycles. The lowest BCUT2D eigenvalue weighted by atomic mass is 9.93. The van der Waals surface area contributed by atoms with Crippen LogP contribution in [-0.2, 0) is 20.7 Å². The fourth-order valence-electron chi connectivity index (χ4n) is 3.88. The summed E-state index contributed by atoms with van der Waals surface area (Å²) in [6, 6.07) is 2.01. The van der Waals surface area contributed by atoms with E-state index >= 15 is 0 Å². The second kappa shape index (κ2) is 8.40. The van der Waals surface area contributed by atoms with Gasteiger partial charge in [0.2, 0.25) is 6.29 Å². The molecule has 0 bridgehead atoms. The van der Waals surface area contributed by atoms with Crippen molar-refractivity contribution in [2.75, 3.05) is 0 Å². The zero-order valence-electron chi connectivity index (χ0n) is 15.8. The van der Waals surface area contributed by atoms with Crippen molar-refractivity contribution >= 4 is 5.97 Å². The molecule has 1 aromatic rings. The summed E-state index contributed by atoms with van der Waals surface area (Å²) in [5.41, 5.74) is 2.09. The van der Waals surface area contributed by atoms with Crippen molar-refractivity contribution in [1.29, 1.82) is 0 Å². The minimum absolute atomic E-state index is 0.154. The van der Waals surface area contributed by atoms with Crippen molar-refractivity contribution in [2.45, 2.75) is 83.2 Å². The Balaban J connectivity index is 1.29. The third kappa shape index (κ3) is 5.21. The highest BCUT2D eigenvalue weighted by Gasteiger charge is 2.65. The molecule has 1 aromatic heterocycles. The topological polar surface area (TPSA) is 72.2 Å². The van der Waals surface area contributed by atoms with E-state index in [9.17, 15) is 9.90 Å². The zero-order chi connectivity index (χ0) is 18.6. The van der Waals surface area contributed by atoms with Crippen LogP contribution in [0.5, 0.6) is 0 Å². The number of aliphatic hydroxyl groups excluding tert-OH is 1. The number of epoxide rings is 1. The Hall–Kier alpha value is -1.59. The first kappa shape index (κ1) is 19.2. The zero-order valence-corrected chi connectivity index (χ0v) is 15.8. The van der Waals surface area contributed by atoms with E-state index < -0.39 is 0 Å². The Labute approximate surface area is 155 Å². The lowest BCUT2D eigenvalue weighted by Crippen LogP contribution is -2.13. The van der Waals surface area contributed by atoms with Crippen molar-refractivity contribution in [1.82, 2.24) is 0 Å². The minimum atomic E-state index is -0.351. The van der Waals surface area contributed by atoms with Crippen molar-refractivity contribution < 1.29 is 23.8 Å². The van der Waals surface area contributed by atoms with E-state index in [0.29, 0.717) is 18.8 Å². The summed E-state index contributed by atoms with van der Waals surface area (Å²) in [4.78, 5) is 11.2. The van der Waals surface area contributed by atoms with Gasteiger partial charge in [0.1, 0.15) is 5.60 Å². The molecule has 2 saturated heterocycles. The van der Waals surface area contributed by atoms with Crippen molar-refractivity contribution in [3.63, 3.8) is 0 Å². The molecule has 5 heteroatoms. The molecule has 5 nitrogen and oxygen atoms in total. The fourth-order valence-corrected chi connectivity index (χ4v) is 3.88. The smallest absolute Gasteiger partial charge is 0.311 e. The summed E-state index contributed by atoms with van der Waals surface area (Å²) in [6.45, 7) is 4.27. The van der Waals surface area contributed by atoms with E-state index in [1.54, 1.807) is 12.5 Å². The summed E-state index contributed by atoms with van der Waals surface area (Å²) in [6.07, 6.45) is 11.9. The Bertz CT molecular complexity index is 620. The van der Waals surface area contributed by atoms with Crippen LogP contribution in [0.4, 0.5) is 0 Å². The Morgan fingerprint density at radius 1 is 1.50 bits per heavy atom. The third-order valence-corrected chi connectivity index (χ3v) is 5.43. The molecule has 3 heterocycles. The number of rotatable bonds is 11. The SMILES string of the molecule is CC(=CCCC12CC(=O)OC1O2)CC(O)CC(C)CCCc1ccoc1. The van der Waals surface area contributed by atoms with Crippen LogP contribution in [0.2, 0.25) is 0 Å². The predicted molar refractivity (Wildman–Crippen MR) is 97.4 cm³/mol. The van der Waals surface area contributed by atoms with Crippen LogP contribution >= 0.6 is 0 Å². The number of esters is 1. The minimum Gasteiger partial charge on any atom is -0.472 e. The van der Waals surface area contributed by atoms with Gasteiger partial charge in [0.15, 0.2) is 0 Å². The monoisotopic (exact) mass is 362 g/mol. The maximum Gasteiger partial charge on any atom is 0.311 e. The van der Waals surface area contributed by atoms with Crippen LogP contribution in [0, 0.1) is 5.92 Å². The van der Waals surface area contributed by atoms with E-state index in [-0.39, 0.29) is 24.0 Å². The van der Waals surface area contributed by atoms with Gasteiger partial charge >= 0.3 is 5.97 Å². The van der Waals surface area contributed by atoms with Crippen molar-refractivity contribution in [2.24, 2.45) is 5.92 Å². The first-order valence-electron chi connectivity index (χ1n) is 9.69. The molecule has 1 N–H and O–H groups in total. The quantitative estimate of drug-likeness (QED) is 0.364. The summed E-state index contributed by atoms with van der Waals surface area (Å²) >= 11 is 0. The van der Waals surface area contributed by atoms with Gasteiger partial charge in [0, 0.05) is 0 Å². The highest BCUT2D eigenvalue weighted by Crippen LogP contribution is 2.49. The Morgan fingerprint density at radius 3 is 3.04 bits per heavy atom. The van der Waals surface area contributed by atoms with Gasteiger partial charge in [-0.1, -0.05) is 25.0 Å². The number of hydrogen-bond donors (Lipinski definition) is 1. The van der Waals surface area contributed by atoms with E-state index in [1.165, 1.54) is 11.1 Å². The lowest BCUT2D eigenvalue weighted by Gasteiger charge is -2.16. The van der Waals surface area contributed by atoms with Crippen molar-refractivity contribution in [3.05, 3.63) is 35.8 Å². The van der Waals surface area contributed by atoms with Crippen LogP contribution < -0.4 is 0 Å². The number of hydrogen-bond acceptors (Lipinski definition) is 5. The van der Waals surface area contributed by atoms with Gasteiger partial charge < -0.3 is 19.0 Å². The second-order valence-electron chi connectivity index (χ2n) is 7.99. The van der Waals surface area contributed by atoms with Crippen LogP contribution in [0.3, 0.4) is 0 Å². The number of allylic oxidation sites excluding steroid dienone is 1. The van der Waals surface area contributed by atoms with Crippen LogP contribution in [0.1, 0.15) is 64.4 Å². The molecule has 2 fully saturated rings. The average Bonchev–Trinajstić information content (AvgIpc) is 2.92. The number of fused-ring (bicyclic) bond motifs is 1.